The summed E-state index contributed by atoms with van der Waals surface area (Å²) in [6.45, 7) is 4.81. The summed E-state index contributed by atoms with van der Waals surface area (Å²) in [7, 11) is 0. The van der Waals surface area contributed by atoms with Crippen LogP contribution in [0.1, 0.15) is 36.1 Å². The van der Waals surface area contributed by atoms with E-state index >= 15 is 0 Å². The third-order valence-corrected chi connectivity index (χ3v) is 7.01. The minimum atomic E-state index is 0.295. The van der Waals surface area contributed by atoms with E-state index in [2.05, 4.69) is 20.9 Å². The Morgan fingerprint density at radius 3 is 2.54 bits per heavy atom. The summed E-state index contributed by atoms with van der Waals surface area (Å²) >= 11 is 7.73. The summed E-state index contributed by atoms with van der Waals surface area (Å²) in [5.41, 5.74) is 1.46. The molecule has 26 heavy (non-hydrogen) atoms. The number of hydrogen-bond acceptors (Lipinski definition) is 4. The van der Waals surface area contributed by atoms with Crippen molar-refractivity contribution in [2.75, 3.05) is 19.6 Å². The number of nitrogens with zero attached hydrogens (tertiary/aromatic N) is 3. The lowest BCUT2D eigenvalue weighted by Crippen LogP contribution is -2.51. The van der Waals surface area contributed by atoms with Gasteiger partial charge in [0.15, 0.2) is 0 Å². The minimum absolute atomic E-state index is 0.295. The van der Waals surface area contributed by atoms with Gasteiger partial charge in [0.05, 0.1) is 4.34 Å². The van der Waals surface area contributed by atoms with Crippen LogP contribution in [0, 0.1) is 5.41 Å². The van der Waals surface area contributed by atoms with Crippen LogP contribution in [0.15, 0.2) is 36.7 Å². The normalized spacial score (nSPS) is 20.7. The lowest BCUT2D eigenvalue weighted by molar-refractivity contribution is -0.140. The first-order valence-corrected chi connectivity index (χ1v) is 10.4. The molecule has 4 heterocycles. The first kappa shape index (κ1) is 18.0. The van der Waals surface area contributed by atoms with E-state index in [1.165, 1.54) is 17.7 Å². The highest BCUT2D eigenvalue weighted by molar-refractivity contribution is 7.16. The molecule has 0 aliphatic carbocycles. The summed E-state index contributed by atoms with van der Waals surface area (Å²) < 4.78 is 0.867. The number of hydrogen-bond donors (Lipinski definition) is 0. The molecule has 0 aromatic carbocycles. The molecule has 0 saturated carbocycles. The number of carbonyl (C=O) groups is 1. The van der Waals surface area contributed by atoms with Crippen molar-refractivity contribution in [1.82, 2.24) is 14.8 Å². The van der Waals surface area contributed by atoms with Gasteiger partial charge in [-0.3, -0.25) is 14.7 Å². The molecule has 6 heteroatoms. The van der Waals surface area contributed by atoms with Crippen molar-refractivity contribution < 1.29 is 4.79 Å². The summed E-state index contributed by atoms with van der Waals surface area (Å²) in [5, 5.41) is 0. The zero-order chi connectivity index (χ0) is 18.0. The molecule has 0 atom stereocenters. The monoisotopic (exact) mass is 389 g/mol. The Hall–Kier alpha value is -1.43. The first-order valence-electron chi connectivity index (χ1n) is 9.25. The van der Waals surface area contributed by atoms with Gasteiger partial charge in [0.25, 0.3) is 0 Å². The zero-order valence-corrected chi connectivity index (χ0v) is 16.4. The fourth-order valence-electron chi connectivity index (χ4n) is 4.21. The zero-order valence-electron chi connectivity index (χ0n) is 14.9. The van der Waals surface area contributed by atoms with Crippen LogP contribution in [-0.4, -0.2) is 40.3 Å². The number of aromatic nitrogens is 1. The fraction of sp³-hybridized carbons (Fsp3) is 0.500. The fourth-order valence-corrected chi connectivity index (χ4v) is 5.34. The third-order valence-electron chi connectivity index (χ3n) is 5.80. The molecule has 1 spiro atoms. The Balaban J connectivity index is 1.36. The largest absolute Gasteiger partial charge is 0.338 e. The first-order chi connectivity index (χ1) is 12.6. The standard InChI is InChI=1S/C20H24ClN3OS/c21-18-2-1-17(26-18)14-23-11-7-20(8-12-23)6-3-19(25)24(15-20)13-16-4-9-22-10-5-16/h1-2,4-5,9-10H,3,6-8,11-15H2. The van der Waals surface area contributed by atoms with E-state index in [4.69, 9.17) is 11.6 Å². The van der Waals surface area contributed by atoms with E-state index in [1.807, 2.05) is 18.2 Å². The Kier molecular flexibility index (Phi) is 5.30. The van der Waals surface area contributed by atoms with E-state index in [9.17, 15) is 4.79 Å². The van der Waals surface area contributed by atoms with Crippen LogP contribution in [0.3, 0.4) is 0 Å². The second-order valence-corrected chi connectivity index (χ2v) is 9.39. The molecule has 2 aliphatic heterocycles. The van der Waals surface area contributed by atoms with Gasteiger partial charge < -0.3 is 4.90 Å². The molecule has 4 rings (SSSR count). The van der Waals surface area contributed by atoms with Crippen molar-refractivity contribution in [3.05, 3.63) is 51.4 Å². The average molecular weight is 390 g/mol. The maximum Gasteiger partial charge on any atom is 0.222 e. The van der Waals surface area contributed by atoms with Crippen molar-refractivity contribution in [2.45, 2.75) is 38.8 Å². The number of likely N-dealkylation sites (tertiary alicyclic amines) is 2. The molecule has 0 N–H and O–H groups in total. The maximum atomic E-state index is 12.4. The van der Waals surface area contributed by atoms with Crippen LogP contribution >= 0.6 is 22.9 Å². The van der Waals surface area contributed by atoms with E-state index in [-0.39, 0.29) is 0 Å². The van der Waals surface area contributed by atoms with Gasteiger partial charge in [-0.15, -0.1) is 11.3 Å². The third kappa shape index (κ3) is 4.11. The van der Waals surface area contributed by atoms with Crippen molar-refractivity contribution in [2.24, 2.45) is 5.41 Å². The Morgan fingerprint density at radius 2 is 1.85 bits per heavy atom. The van der Waals surface area contributed by atoms with E-state index < -0.39 is 0 Å². The lowest BCUT2D eigenvalue weighted by atomic mass is 9.72. The van der Waals surface area contributed by atoms with E-state index in [0.29, 0.717) is 24.3 Å². The summed E-state index contributed by atoms with van der Waals surface area (Å²) in [5.74, 6) is 0.295. The van der Waals surface area contributed by atoms with Gasteiger partial charge in [-0.25, -0.2) is 0 Å². The summed E-state index contributed by atoms with van der Waals surface area (Å²) in [4.78, 5) is 22.4. The van der Waals surface area contributed by atoms with Crippen LogP contribution in [0.2, 0.25) is 4.34 Å². The predicted octanol–water partition coefficient (Wildman–Crippen LogP) is 4.20. The van der Waals surface area contributed by atoms with Gasteiger partial charge in [-0.1, -0.05) is 11.6 Å². The Morgan fingerprint density at radius 1 is 1.08 bits per heavy atom. The van der Waals surface area contributed by atoms with Crippen molar-refractivity contribution in [3.8, 4) is 0 Å². The van der Waals surface area contributed by atoms with Crippen LogP contribution < -0.4 is 0 Å². The minimum Gasteiger partial charge on any atom is -0.338 e. The summed E-state index contributed by atoms with van der Waals surface area (Å²) in [6.07, 6.45) is 7.67. The highest BCUT2D eigenvalue weighted by Gasteiger charge is 2.40. The molecule has 138 valence electrons. The van der Waals surface area contributed by atoms with Gasteiger partial charge in [-0.2, -0.15) is 0 Å². The highest BCUT2D eigenvalue weighted by Crippen LogP contribution is 2.41. The van der Waals surface area contributed by atoms with Gasteiger partial charge >= 0.3 is 0 Å². The van der Waals surface area contributed by atoms with Gasteiger partial charge in [0.2, 0.25) is 5.91 Å². The van der Waals surface area contributed by atoms with E-state index in [0.717, 1.165) is 42.5 Å². The number of halogens is 1. The smallest absolute Gasteiger partial charge is 0.222 e. The summed E-state index contributed by atoms with van der Waals surface area (Å²) in [6, 6.07) is 8.12. The molecule has 2 fully saturated rings. The molecule has 0 bridgehead atoms. The quantitative estimate of drug-likeness (QED) is 0.786. The molecule has 2 aliphatic rings. The molecule has 0 radical (unpaired) electrons. The molecular formula is C20H24ClN3OS. The van der Waals surface area contributed by atoms with Crippen LogP contribution in [0.5, 0.6) is 0 Å². The van der Waals surface area contributed by atoms with Crippen LogP contribution in [0.25, 0.3) is 0 Å². The topological polar surface area (TPSA) is 36.4 Å². The number of amides is 1. The molecule has 0 unspecified atom stereocenters. The van der Waals surface area contributed by atoms with Crippen LogP contribution in [-0.2, 0) is 17.9 Å². The second kappa shape index (κ2) is 7.67. The van der Waals surface area contributed by atoms with Crippen molar-refractivity contribution in [3.63, 3.8) is 0 Å². The lowest BCUT2D eigenvalue weighted by Gasteiger charge is -2.47. The van der Waals surface area contributed by atoms with Gasteiger partial charge in [0.1, 0.15) is 0 Å². The molecule has 2 aromatic heterocycles. The van der Waals surface area contributed by atoms with Crippen molar-refractivity contribution >= 4 is 28.8 Å². The van der Waals surface area contributed by atoms with Crippen molar-refractivity contribution in [1.29, 1.82) is 0 Å². The van der Waals surface area contributed by atoms with Crippen LogP contribution in [0.4, 0.5) is 0 Å². The second-order valence-electron chi connectivity index (χ2n) is 7.59. The van der Waals surface area contributed by atoms with E-state index in [1.54, 1.807) is 23.7 Å². The SMILES string of the molecule is O=C1CCC2(CCN(Cc3ccc(Cl)s3)CC2)CN1Cc1ccncc1. The molecule has 1 amide bonds. The Bertz CT molecular complexity index is 755. The predicted molar refractivity (Wildman–Crippen MR) is 105 cm³/mol. The Labute approximate surface area is 163 Å². The molecule has 2 saturated heterocycles. The average Bonchev–Trinajstić information content (AvgIpc) is 3.06. The molecule has 4 nitrogen and oxygen atoms in total. The number of carbonyl (C=O) groups excluding carboxylic acids is 1. The van der Waals surface area contributed by atoms with Gasteiger partial charge in [-0.05, 0) is 67.6 Å². The number of pyridine rings is 1. The number of rotatable bonds is 4. The maximum absolute atomic E-state index is 12.4. The highest BCUT2D eigenvalue weighted by atomic mass is 35.5. The molecular weight excluding hydrogens is 366 g/mol. The molecule has 2 aromatic rings. The number of piperidine rings is 2. The number of thiophene rings is 1. The van der Waals surface area contributed by atoms with Gasteiger partial charge in [0, 0.05) is 43.3 Å².